The minimum absolute atomic E-state index is 0.0460. The summed E-state index contributed by atoms with van der Waals surface area (Å²) in [5, 5.41) is 0. The van der Waals surface area contributed by atoms with Crippen LogP contribution in [0.5, 0.6) is 0 Å². The molecule has 2 nitrogen and oxygen atoms in total. The number of unbranched alkanes of at least 4 members (excludes halogenated alkanes) is 1. The molecule has 1 fully saturated rings. The summed E-state index contributed by atoms with van der Waals surface area (Å²) < 4.78 is 11.5. The predicted molar refractivity (Wildman–Crippen MR) is 68.9 cm³/mol. The lowest BCUT2D eigenvalue weighted by Gasteiger charge is -2.29. The first-order valence-corrected chi connectivity index (χ1v) is 6.65. The zero-order valence-electron chi connectivity index (χ0n) is 10.6. The van der Waals surface area contributed by atoms with Gasteiger partial charge in [0.15, 0.2) is 6.29 Å². The molecule has 94 valence electrons. The largest absolute Gasteiger partial charge is 0.352 e. The van der Waals surface area contributed by atoms with Gasteiger partial charge in [0.05, 0.1) is 13.2 Å². The monoisotopic (exact) mass is 234 g/mol. The Morgan fingerprint density at radius 2 is 1.82 bits per heavy atom. The second kappa shape index (κ2) is 6.77. The third-order valence-electron chi connectivity index (χ3n) is 3.25. The summed E-state index contributed by atoms with van der Waals surface area (Å²) in [5.41, 5.74) is 1.28. The average molecular weight is 234 g/mol. The quantitative estimate of drug-likeness (QED) is 0.777. The predicted octanol–water partition coefficient (Wildman–Crippen LogP) is 3.41. The van der Waals surface area contributed by atoms with Crippen LogP contribution in [-0.2, 0) is 15.9 Å². The minimum Gasteiger partial charge on any atom is -0.352 e. The molecule has 1 aliphatic heterocycles. The van der Waals surface area contributed by atoms with Crippen molar-refractivity contribution >= 4 is 0 Å². The first-order valence-electron chi connectivity index (χ1n) is 6.65. The summed E-state index contributed by atoms with van der Waals surface area (Å²) in [4.78, 5) is 0. The zero-order chi connectivity index (χ0) is 11.9. The smallest absolute Gasteiger partial charge is 0.161 e. The fraction of sp³-hybridized carbons (Fsp3) is 0.600. The molecule has 17 heavy (non-hydrogen) atoms. The van der Waals surface area contributed by atoms with Gasteiger partial charge in [0.1, 0.15) is 0 Å². The molecule has 2 rings (SSSR count). The molecule has 1 heterocycles. The normalized spacial score (nSPS) is 24.8. The fourth-order valence-corrected chi connectivity index (χ4v) is 2.17. The van der Waals surface area contributed by atoms with Gasteiger partial charge in [-0.25, -0.2) is 0 Å². The van der Waals surface area contributed by atoms with Crippen molar-refractivity contribution in [3.63, 3.8) is 0 Å². The molecule has 1 aromatic rings. The third-order valence-corrected chi connectivity index (χ3v) is 3.25. The molecule has 0 radical (unpaired) electrons. The van der Waals surface area contributed by atoms with E-state index in [9.17, 15) is 0 Å². The molecule has 1 saturated heterocycles. The van der Waals surface area contributed by atoms with Gasteiger partial charge in [-0.05, 0) is 12.0 Å². The molecule has 1 aromatic carbocycles. The topological polar surface area (TPSA) is 18.5 Å². The average Bonchev–Trinajstić information content (AvgIpc) is 2.39. The molecule has 0 amide bonds. The van der Waals surface area contributed by atoms with Crippen LogP contribution in [0.4, 0.5) is 0 Å². The number of hydrogen-bond acceptors (Lipinski definition) is 2. The Bertz CT molecular complexity index is 302. The van der Waals surface area contributed by atoms with Crippen molar-refractivity contribution in [2.75, 3.05) is 13.2 Å². The summed E-state index contributed by atoms with van der Waals surface area (Å²) in [7, 11) is 0. The van der Waals surface area contributed by atoms with E-state index in [0.717, 1.165) is 19.6 Å². The molecule has 0 N–H and O–H groups in total. The molecule has 0 atom stereocenters. The second-order valence-corrected chi connectivity index (χ2v) is 4.79. The van der Waals surface area contributed by atoms with Crippen LogP contribution < -0.4 is 0 Å². The first kappa shape index (κ1) is 12.6. The maximum absolute atomic E-state index is 5.77. The van der Waals surface area contributed by atoms with Crippen molar-refractivity contribution in [2.45, 2.75) is 38.9 Å². The third kappa shape index (κ3) is 4.14. The van der Waals surface area contributed by atoms with Crippen LogP contribution in [0.2, 0.25) is 0 Å². The Labute approximate surface area is 104 Å². The van der Waals surface area contributed by atoms with Crippen molar-refractivity contribution in [1.29, 1.82) is 0 Å². The minimum atomic E-state index is -0.0460. The number of hydrogen-bond donors (Lipinski definition) is 0. The van der Waals surface area contributed by atoms with Crippen molar-refractivity contribution in [2.24, 2.45) is 5.92 Å². The van der Waals surface area contributed by atoms with Crippen LogP contribution in [-0.4, -0.2) is 19.5 Å². The number of ether oxygens (including phenoxy) is 2. The Morgan fingerprint density at radius 3 is 2.47 bits per heavy atom. The summed E-state index contributed by atoms with van der Waals surface area (Å²) in [6.07, 6.45) is 4.58. The van der Waals surface area contributed by atoms with E-state index in [1.54, 1.807) is 0 Å². The zero-order valence-corrected chi connectivity index (χ0v) is 10.6. The van der Waals surface area contributed by atoms with Crippen molar-refractivity contribution < 1.29 is 9.47 Å². The van der Waals surface area contributed by atoms with E-state index in [1.807, 2.05) is 6.07 Å². The summed E-state index contributed by atoms with van der Waals surface area (Å²) >= 11 is 0. The molecule has 0 bridgehead atoms. The van der Waals surface area contributed by atoms with Crippen LogP contribution in [0.25, 0.3) is 0 Å². The highest BCUT2D eigenvalue weighted by Gasteiger charge is 2.21. The van der Waals surface area contributed by atoms with Gasteiger partial charge in [0.25, 0.3) is 0 Å². The van der Waals surface area contributed by atoms with Gasteiger partial charge >= 0.3 is 0 Å². The van der Waals surface area contributed by atoms with Gasteiger partial charge in [-0.15, -0.1) is 0 Å². The Morgan fingerprint density at radius 1 is 1.12 bits per heavy atom. The Hall–Kier alpha value is -0.860. The molecule has 0 spiro atoms. The lowest BCUT2D eigenvalue weighted by molar-refractivity contribution is -0.200. The molecular weight excluding hydrogens is 212 g/mol. The highest BCUT2D eigenvalue weighted by atomic mass is 16.7. The van der Waals surface area contributed by atoms with Crippen molar-refractivity contribution in [3.05, 3.63) is 35.9 Å². The van der Waals surface area contributed by atoms with Crippen LogP contribution >= 0.6 is 0 Å². The van der Waals surface area contributed by atoms with Gasteiger partial charge in [0, 0.05) is 12.3 Å². The molecule has 1 aliphatic rings. The fourth-order valence-electron chi connectivity index (χ4n) is 2.17. The van der Waals surface area contributed by atoms with E-state index >= 15 is 0 Å². The molecule has 0 unspecified atom stereocenters. The lowest BCUT2D eigenvalue weighted by Crippen LogP contribution is -2.33. The van der Waals surface area contributed by atoms with Gasteiger partial charge in [-0.2, -0.15) is 0 Å². The van der Waals surface area contributed by atoms with E-state index in [0.29, 0.717) is 5.92 Å². The van der Waals surface area contributed by atoms with Gasteiger partial charge in [-0.1, -0.05) is 50.1 Å². The van der Waals surface area contributed by atoms with Gasteiger partial charge < -0.3 is 9.47 Å². The highest BCUT2D eigenvalue weighted by molar-refractivity contribution is 5.15. The lowest BCUT2D eigenvalue weighted by atomic mass is 10.0. The van der Waals surface area contributed by atoms with Crippen LogP contribution in [0.1, 0.15) is 31.7 Å². The second-order valence-electron chi connectivity index (χ2n) is 4.79. The summed E-state index contributed by atoms with van der Waals surface area (Å²) in [6, 6.07) is 10.4. The molecular formula is C15H22O2. The first-order chi connectivity index (χ1) is 8.38. The van der Waals surface area contributed by atoms with E-state index in [4.69, 9.17) is 9.47 Å². The molecule has 0 aliphatic carbocycles. The maximum Gasteiger partial charge on any atom is 0.161 e. The standard InChI is InChI=1S/C15H22O2/c1-2-3-7-14-11-16-15(17-12-14)10-13-8-5-4-6-9-13/h4-6,8-9,14-15H,2-3,7,10-12H2,1H3. The van der Waals surface area contributed by atoms with Crippen LogP contribution in [0.3, 0.4) is 0 Å². The molecule has 0 saturated carbocycles. The summed E-state index contributed by atoms with van der Waals surface area (Å²) in [6.45, 7) is 3.94. The Kier molecular flexibility index (Phi) is 5.02. The van der Waals surface area contributed by atoms with Crippen LogP contribution in [0.15, 0.2) is 30.3 Å². The maximum atomic E-state index is 5.77. The number of rotatable bonds is 5. The van der Waals surface area contributed by atoms with Gasteiger partial charge in [0.2, 0.25) is 0 Å². The SMILES string of the molecule is CCCCC1COC(Cc2ccccc2)OC1. The molecule has 2 heteroatoms. The van der Waals surface area contributed by atoms with Crippen molar-refractivity contribution in [1.82, 2.24) is 0 Å². The number of benzene rings is 1. The highest BCUT2D eigenvalue weighted by Crippen LogP contribution is 2.19. The van der Waals surface area contributed by atoms with Crippen molar-refractivity contribution in [3.8, 4) is 0 Å². The van der Waals surface area contributed by atoms with Crippen LogP contribution in [0, 0.1) is 5.92 Å². The van der Waals surface area contributed by atoms with E-state index in [-0.39, 0.29) is 6.29 Å². The Balaban J connectivity index is 1.72. The van der Waals surface area contributed by atoms with E-state index in [2.05, 4.69) is 31.2 Å². The molecule has 0 aromatic heterocycles. The summed E-state index contributed by atoms with van der Waals surface area (Å²) in [5.74, 6) is 0.599. The van der Waals surface area contributed by atoms with E-state index in [1.165, 1.54) is 24.8 Å². The van der Waals surface area contributed by atoms with Gasteiger partial charge in [-0.3, -0.25) is 0 Å². The van der Waals surface area contributed by atoms with E-state index < -0.39 is 0 Å².